The molecule has 1 aromatic rings. The molecule has 0 saturated carbocycles. The van der Waals surface area contributed by atoms with Gasteiger partial charge in [0.1, 0.15) is 0 Å². The molecule has 0 aliphatic rings. The first-order valence-corrected chi connectivity index (χ1v) is 5.60. The zero-order chi connectivity index (χ0) is 12.7. The van der Waals surface area contributed by atoms with Crippen molar-refractivity contribution in [2.45, 2.75) is 25.9 Å². The van der Waals surface area contributed by atoms with Gasteiger partial charge in [-0.25, -0.2) is 0 Å². The van der Waals surface area contributed by atoms with E-state index in [0.29, 0.717) is 24.1 Å². The second kappa shape index (κ2) is 6.66. The molecule has 0 aliphatic carbocycles. The Bertz CT molecular complexity index is 404. The molecule has 1 atom stereocenters. The predicted octanol–water partition coefficient (Wildman–Crippen LogP) is 1.45. The quantitative estimate of drug-likeness (QED) is 0.755. The first-order chi connectivity index (χ1) is 8.13. The van der Waals surface area contributed by atoms with Crippen LogP contribution in [0.4, 0.5) is 0 Å². The number of amides is 1. The minimum Gasteiger partial charge on any atom is -0.393 e. The van der Waals surface area contributed by atoms with Gasteiger partial charge in [-0.2, -0.15) is 5.26 Å². The summed E-state index contributed by atoms with van der Waals surface area (Å²) in [6, 6.07) is 8.49. The Morgan fingerprint density at radius 3 is 2.65 bits per heavy atom. The van der Waals surface area contributed by atoms with Crippen molar-refractivity contribution < 1.29 is 9.90 Å². The summed E-state index contributed by atoms with van der Waals surface area (Å²) in [6.45, 7) is 2.27. The zero-order valence-corrected chi connectivity index (χ0v) is 9.81. The number of aliphatic hydroxyl groups is 1. The SMILES string of the molecule is CC(O)CCCNC(=O)c1ccc(C#N)cc1. The van der Waals surface area contributed by atoms with Gasteiger partial charge in [-0.3, -0.25) is 4.79 Å². The summed E-state index contributed by atoms with van der Waals surface area (Å²) in [5.41, 5.74) is 1.08. The van der Waals surface area contributed by atoms with Gasteiger partial charge in [0.2, 0.25) is 0 Å². The number of benzene rings is 1. The molecule has 1 amide bonds. The summed E-state index contributed by atoms with van der Waals surface area (Å²) in [6.07, 6.45) is 1.09. The van der Waals surface area contributed by atoms with Crippen molar-refractivity contribution in [3.8, 4) is 6.07 Å². The highest BCUT2D eigenvalue weighted by Gasteiger charge is 2.04. The number of hydrogen-bond acceptors (Lipinski definition) is 3. The first kappa shape index (κ1) is 13.2. The fourth-order valence-corrected chi connectivity index (χ4v) is 1.40. The first-order valence-electron chi connectivity index (χ1n) is 5.60. The number of aliphatic hydroxyl groups excluding tert-OH is 1. The van der Waals surface area contributed by atoms with Crippen molar-refractivity contribution in [3.05, 3.63) is 35.4 Å². The smallest absolute Gasteiger partial charge is 0.251 e. The van der Waals surface area contributed by atoms with Gasteiger partial charge in [0.25, 0.3) is 5.91 Å². The van der Waals surface area contributed by atoms with Crippen molar-refractivity contribution in [1.82, 2.24) is 5.32 Å². The van der Waals surface area contributed by atoms with Crippen molar-refractivity contribution in [2.75, 3.05) is 6.54 Å². The van der Waals surface area contributed by atoms with Gasteiger partial charge in [-0.05, 0) is 44.0 Å². The summed E-state index contributed by atoms with van der Waals surface area (Å²) in [4.78, 5) is 11.6. The minimum atomic E-state index is -0.332. The van der Waals surface area contributed by atoms with Crippen LogP contribution in [-0.4, -0.2) is 23.7 Å². The Balaban J connectivity index is 2.39. The van der Waals surface area contributed by atoms with E-state index in [4.69, 9.17) is 10.4 Å². The molecular weight excluding hydrogens is 216 g/mol. The highest BCUT2D eigenvalue weighted by molar-refractivity contribution is 5.94. The average molecular weight is 232 g/mol. The molecule has 0 radical (unpaired) electrons. The molecule has 0 heterocycles. The van der Waals surface area contributed by atoms with Gasteiger partial charge in [0, 0.05) is 12.1 Å². The summed E-state index contributed by atoms with van der Waals surface area (Å²) in [7, 11) is 0. The molecular formula is C13H16N2O2. The Hall–Kier alpha value is -1.86. The van der Waals surface area contributed by atoms with Crippen LogP contribution in [-0.2, 0) is 0 Å². The molecule has 4 nitrogen and oxygen atoms in total. The van der Waals surface area contributed by atoms with E-state index in [0.717, 1.165) is 6.42 Å². The standard InChI is InChI=1S/C13H16N2O2/c1-10(16)3-2-8-15-13(17)12-6-4-11(9-14)5-7-12/h4-7,10,16H,2-3,8H2,1H3,(H,15,17). The van der Waals surface area contributed by atoms with E-state index in [-0.39, 0.29) is 12.0 Å². The third-order valence-electron chi connectivity index (χ3n) is 2.36. The van der Waals surface area contributed by atoms with Crippen LogP contribution < -0.4 is 5.32 Å². The van der Waals surface area contributed by atoms with Gasteiger partial charge in [-0.1, -0.05) is 0 Å². The largest absolute Gasteiger partial charge is 0.393 e. The fourth-order valence-electron chi connectivity index (χ4n) is 1.40. The molecule has 0 spiro atoms. The predicted molar refractivity (Wildman–Crippen MR) is 64.4 cm³/mol. The van der Waals surface area contributed by atoms with Crippen LogP contribution in [0.15, 0.2) is 24.3 Å². The number of nitriles is 1. The summed E-state index contributed by atoms with van der Waals surface area (Å²) in [5, 5.41) is 20.4. The number of nitrogens with one attached hydrogen (secondary N) is 1. The number of nitrogens with zero attached hydrogens (tertiary/aromatic N) is 1. The number of hydrogen-bond donors (Lipinski definition) is 2. The van der Waals surface area contributed by atoms with Crippen LogP contribution in [0, 0.1) is 11.3 Å². The van der Waals surface area contributed by atoms with Crippen LogP contribution in [0.2, 0.25) is 0 Å². The van der Waals surface area contributed by atoms with Crippen molar-refractivity contribution in [1.29, 1.82) is 5.26 Å². The summed E-state index contributed by atoms with van der Waals surface area (Å²) < 4.78 is 0. The molecule has 2 N–H and O–H groups in total. The maximum Gasteiger partial charge on any atom is 0.251 e. The van der Waals surface area contributed by atoms with Crippen LogP contribution in [0.5, 0.6) is 0 Å². The normalized spacial score (nSPS) is 11.6. The molecule has 0 saturated heterocycles. The Morgan fingerprint density at radius 1 is 1.47 bits per heavy atom. The second-order valence-electron chi connectivity index (χ2n) is 3.94. The van der Waals surface area contributed by atoms with Crippen LogP contribution in [0.25, 0.3) is 0 Å². The van der Waals surface area contributed by atoms with E-state index in [2.05, 4.69) is 5.32 Å². The molecule has 4 heteroatoms. The van der Waals surface area contributed by atoms with E-state index < -0.39 is 0 Å². The minimum absolute atomic E-state index is 0.153. The number of carbonyl (C=O) groups excluding carboxylic acids is 1. The highest BCUT2D eigenvalue weighted by atomic mass is 16.3. The van der Waals surface area contributed by atoms with Crippen molar-refractivity contribution in [3.63, 3.8) is 0 Å². The van der Waals surface area contributed by atoms with Gasteiger partial charge in [0.05, 0.1) is 17.7 Å². The third kappa shape index (κ3) is 4.66. The van der Waals surface area contributed by atoms with E-state index in [9.17, 15) is 4.79 Å². The van der Waals surface area contributed by atoms with Gasteiger partial charge in [-0.15, -0.1) is 0 Å². The molecule has 1 unspecified atom stereocenters. The molecule has 0 aromatic heterocycles. The second-order valence-corrected chi connectivity index (χ2v) is 3.94. The Kier molecular flexibility index (Phi) is 5.18. The molecule has 0 fully saturated rings. The molecule has 0 aliphatic heterocycles. The Labute approximate surface area is 101 Å². The lowest BCUT2D eigenvalue weighted by atomic mass is 10.1. The molecule has 17 heavy (non-hydrogen) atoms. The van der Waals surface area contributed by atoms with E-state index in [1.807, 2.05) is 6.07 Å². The Morgan fingerprint density at radius 2 is 2.12 bits per heavy atom. The van der Waals surface area contributed by atoms with Gasteiger partial charge >= 0.3 is 0 Å². The number of rotatable bonds is 5. The lowest BCUT2D eigenvalue weighted by molar-refractivity contribution is 0.0949. The summed E-state index contributed by atoms with van der Waals surface area (Å²) >= 11 is 0. The summed E-state index contributed by atoms with van der Waals surface area (Å²) in [5.74, 6) is -0.153. The third-order valence-corrected chi connectivity index (χ3v) is 2.36. The zero-order valence-electron chi connectivity index (χ0n) is 9.81. The molecule has 1 rings (SSSR count). The van der Waals surface area contributed by atoms with Crippen LogP contribution in [0.1, 0.15) is 35.7 Å². The fraction of sp³-hybridized carbons (Fsp3) is 0.385. The lowest BCUT2D eigenvalue weighted by Crippen LogP contribution is -2.24. The van der Waals surface area contributed by atoms with E-state index in [1.54, 1.807) is 31.2 Å². The molecule has 1 aromatic carbocycles. The van der Waals surface area contributed by atoms with Gasteiger partial charge in [0.15, 0.2) is 0 Å². The monoisotopic (exact) mass is 232 g/mol. The van der Waals surface area contributed by atoms with Crippen molar-refractivity contribution >= 4 is 5.91 Å². The highest BCUT2D eigenvalue weighted by Crippen LogP contribution is 2.03. The van der Waals surface area contributed by atoms with Crippen LogP contribution in [0.3, 0.4) is 0 Å². The van der Waals surface area contributed by atoms with E-state index in [1.165, 1.54) is 0 Å². The number of carbonyl (C=O) groups is 1. The van der Waals surface area contributed by atoms with Gasteiger partial charge < -0.3 is 10.4 Å². The maximum absolute atomic E-state index is 11.6. The topological polar surface area (TPSA) is 73.1 Å². The lowest BCUT2D eigenvalue weighted by Gasteiger charge is -2.06. The van der Waals surface area contributed by atoms with E-state index >= 15 is 0 Å². The average Bonchev–Trinajstić information content (AvgIpc) is 2.34. The molecule has 90 valence electrons. The van der Waals surface area contributed by atoms with Crippen molar-refractivity contribution in [2.24, 2.45) is 0 Å². The molecule has 0 bridgehead atoms. The van der Waals surface area contributed by atoms with Crippen LogP contribution >= 0.6 is 0 Å². The maximum atomic E-state index is 11.6.